The number of carbonyl (C=O) groups excluding carboxylic acids is 1. The molecule has 0 aliphatic carbocycles. The van der Waals surface area contributed by atoms with Crippen LogP contribution in [0.3, 0.4) is 0 Å². The maximum atomic E-state index is 12.5. The van der Waals surface area contributed by atoms with Gasteiger partial charge in [-0.15, -0.1) is 0 Å². The Kier molecular flexibility index (Phi) is 5.11. The Morgan fingerprint density at radius 1 is 1.26 bits per heavy atom. The predicted octanol–water partition coefficient (Wildman–Crippen LogP) is 3.49. The molecule has 0 saturated carbocycles. The Morgan fingerprint density at radius 3 is 2.70 bits per heavy atom. The first-order chi connectivity index (χ1) is 12.9. The first-order valence-corrected chi connectivity index (χ1v) is 8.12. The fraction of sp³-hybridized carbons (Fsp3) is 0.167. The molecule has 1 N–H and O–H groups in total. The van der Waals surface area contributed by atoms with Gasteiger partial charge in [-0.2, -0.15) is 5.10 Å². The summed E-state index contributed by atoms with van der Waals surface area (Å²) in [7, 11) is 0. The van der Waals surface area contributed by atoms with Crippen LogP contribution in [0, 0.1) is 17.0 Å². The molecule has 9 heteroatoms. The van der Waals surface area contributed by atoms with Gasteiger partial charge in [0, 0.05) is 30.2 Å². The van der Waals surface area contributed by atoms with Crippen LogP contribution in [0.1, 0.15) is 18.7 Å². The van der Waals surface area contributed by atoms with Crippen LogP contribution in [0.2, 0.25) is 0 Å². The minimum Gasteiger partial charge on any atom is -0.455 e. The van der Waals surface area contributed by atoms with Crippen LogP contribution in [0.15, 0.2) is 55.0 Å². The Bertz CT molecular complexity index is 971. The lowest BCUT2D eigenvalue weighted by Crippen LogP contribution is -2.25. The van der Waals surface area contributed by atoms with Gasteiger partial charge in [-0.1, -0.05) is 0 Å². The number of carbonyl (C=O) groups is 1. The molecule has 0 aliphatic rings. The van der Waals surface area contributed by atoms with Gasteiger partial charge in [0.05, 0.1) is 22.9 Å². The zero-order chi connectivity index (χ0) is 19.4. The molecule has 1 aromatic carbocycles. The van der Waals surface area contributed by atoms with E-state index in [2.05, 4.69) is 15.4 Å². The topological polar surface area (TPSA) is 112 Å². The van der Waals surface area contributed by atoms with Gasteiger partial charge in [0.25, 0.3) is 5.69 Å². The number of ether oxygens (including phenoxy) is 1. The number of pyridine rings is 1. The minimum atomic E-state index is -0.582. The Labute approximate surface area is 154 Å². The van der Waals surface area contributed by atoms with E-state index in [1.165, 1.54) is 24.4 Å². The number of aromatic nitrogens is 3. The molecule has 9 nitrogen and oxygen atoms in total. The third kappa shape index (κ3) is 4.27. The Morgan fingerprint density at radius 2 is 2.07 bits per heavy atom. The summed E-state index contributed by atoms with van der Waals surface area (Å²) < 4.78 is 7.18. The molecule has 0 spiro atoms. The van der Waals surface area contributed by atoms with Crippen molar-refractivity contribution in [2.75, 3.05) is 5.32 Å². The van der Waals surface area contributed by atoms with Gasteiger partial charge in [0.15, 0.2) is 0 Å². The lowest BCUT2D eigenvalue weighted by atomic mass is 10.2. The van der Waals surface area contributed by atoms with Crippen LogP contribution in [0.25, 0.3) is 0 Å². The molecule has 3 aromatic rings. The summed E-state index contributed by atoms with van der Waals surface area (Å²) in [6.07, 6.45) is 4.68. The molecule has 138 valence electrons. The minimum absolute atomic E-state index is 0.199. The summed E-state index contributed by atoms with van der Waals surface area (Å²) in [4.78, 5) is 27.1. The van der Waals surface area contributed by atoms with E-state index in [0.29, 0.717) is 5.75 Å². The summed E-state index contributed by atoms with van der Waals surface area (Å²) in [5.74, 6) is 0.292. The molecule has 0 fully saturated rings. The van der Waals surface area contributed by atoms with Crippen molar-refractivity contribution in [3.8, 4) is 11.5 Å². The van der Waals surface area contributed by atoms with Gasteiger partial charge in [-0.05, 0) is 32.0 Å². The van der Waals surface area contributed by atoms with Crippen LogP contribution in [-0.2, 0) is 4.79 Å². The molecule has 0 bridgehead atoms. The number of nitrogens with zero attached hydrogens (tertiary/aromatic N) is 4. The Balaban J connectivity index is 1.84. The molecule has 3 rings (SSSR count). The number of anilines is 1. The molecule has 0 radical (unpaired) electrons. The second-order valence-corrected chi connectivity index (χ2v) is 5.85. The number of nitro groups is 1. The second kappa shape index (κ2) is 7.65. The van der Waals surface area contributed by atoms with Crippen LogP contribution in [0.4, 0.5) is 11.4 Å². The van der Waals surface area contributed by atoms with E-state index in [0.717, 1.165) is 5.69 Å². The largest absolute Gasteiger partial charge is 0.455 e. The SMILES string of the molecule is Cc1ccnn1C(C)C(=O)Nc1cc(Oc2cccnc2)cc([N+](=O)[O-])c1. The number of rotatable bonds is 6. The number of benzene rings is 1. The number of nitro benzene ring substituents is 1. The molecular formula is C18H17N5O4. The highest BCUT2D eigenvalue weighted by molar-refractivity contribution is 5.94. The predicted molar refractivity (Wildman–Crippen MR) is 97.7 cm³/mol. The van der Waals surface area contributed by atoms with E-state index in [-0.39, 0.29) is 23.0 Å². The summed E-state index contributed by atoms with van der Waals surface area (Å²) in [6, 6.07) is 8.63. The summed E-state index contributed by atoms with van der Waals surface area (Å²) >= 11 is 0. The average molecular weight is 367 g/mol. The Hall–Kier alpha value is -3.75. The molecular weight excluding hydrogens is 350 g/mol. The fourth-order valence-corrected chi connectivity index (χ4v) is 2.51. The molecule has 0 aliphatic heterocycles. The van der Waals surface area contributed by atoms with Crippen molar-refractivity contribution in [2.45, 2.75) is 19.9 Å². The molecule has 1 atom stereocenters. The lowest BCUT2D eigenvalue weighted by Gasteiger charge is -2.15. The van der Waals surface area contributed by atoms with E-state index in [4.69, 9.17) is 4.74 Å². The normalized spacial score (nSPS) is 11.6. The molecule has 2 heterocycles. The summed E-state index contributed by atoms with van der Waals surface area (Å²) in [5.41, 5.74) is 0.886. The number of amides is 1. The van der Waals surface area contributed by atoms with Crippen molar-refractivity contribution >= 4 is 17.3 Å². The third-order valence-corrected chi connectivity index (χ3v) is 3.85. The van der Waals surface area contributed by atoms with Crippen molar-refractivity contribution in [1.82, 2.24) is 14.8 Å². The molecule has 0 saturated heterocycles. The highest BCUT2D eigenvalue weighted by Crippen LogP contribution is 2.29. The van der Waals surface area contributed by atoms with Gasteiger partial charge < -0.3 is 10.1 Å². The van der Waals surface area contributed by atoms with Crippen LogP contribution < -0.4 is 10.1 Å². The summed E-state index contributed by atoms with van der Waals surface area (Å²) in [6.45, 7) is 3.53. The van der Waals surface area contributed by atoms with Crippen LogP contribution in [-0.4, -0.2) is 25.6 Å². The number of hydrogen-bond donors (Lipinski definition) is 1. The van der Waals surface area contributed by atoms with E-state index < -0.39 is 11.0 Å². The average Bonchev–Trinajstić information content (AvgIpc) is 3.07. The highest BCUT2D eigenvalue weighted by Gasteiger charge is 2.19. The number of non-ortho nitro benzene ring substituents is 1. The highest BCUT2D eigenvalue weighted by atomic mass is 16.6. The van der Waals surface area contributed by atoms with Crippen molar-refractivity contribution in [1.29, 1.82) is 0 Å². The van der Waals surface area contributed by atoms with Gasteiger partial charge in [0.1, 0.15) is 17.5 Å². The quantitative estimate of drug-likeness (QED) is 0.527. The first-order valence-electron chi connectivity index (χ1n) is 8.12. The van der Waals surface area contributed by atoms with E-state index in [9.17, 15) is 14.9 Å². The number of nitrogens with one attached hydrogen (secondary N) is 1. The zero-order valence-electron chi connectivity index (χ0n) is 14.7. The van der Waals surface area contributed by atoms with Crippen molar-refractivity contribution in [3.05, 3.63) is 70.8 Å². The standard InChI is InChI=1S/C18H17N5O4/c1-12-5-7-20-22(12)13(2)18(24)21-14-8-15(23(25)26)10-17(9-14)27-16-4-3-6-19-11-16/h3-11,13H,1-2H3,(H,21,24). The smallest absolute Gasteiger partial charge is 0.275 e. The molecule has 27 heavy (non-hydrogen) atoms. The summed E-state index contributed by atoms with van der Waals surface area (Å²) in [5, 5.41) is 18.0. The van der Waals surface area contributed by atoms with Crippen molar-refractivity contribution in [3.63, 3.8) is 0 Å². The zero-order valence-corrected chi connectivity index (χ0v) is 14.7. The maximum Gasteiger partial charge on any atom is 0.275 e. The van der Waals surface area contributed by atoms with Crippen LogP contribution in [0.5, 0.6) is 11.5 Å². The number of hydrogen-bond acceptors (Lipinski definition) is 6. The third-order valence-electron chi connectivity index (χ3n) is 3.85. The molecule has 1 unspecified atom stereocenters. The van der Waals surface area contributed by atoms with Gasteiger partial charge in [-0.3, -0.25) is 24.6 Å². The van der Waals surface area contributed by atoms with Gasteiger partial charge in [0.2, 0.25) is 5.91 Å². The monoisotopic (exact) mass is 367 g/mol. The number of aryl methyl sites for hydroxylation is 1. The second-order valence-electron chi connectivity index (χ2n) is 5.85. The van der Waals surface area contributed by atoms with E-state index in [1.54, 1.807) is 42.2 Å². The fourth-order valence-electron chi connectivity index (χ4n) is 2.51. The molecule has 1 amide bonds. The maximum absolute atomic E-state index is 12.5. The van der Waals surface area contributed by atoms with Crippen molar-refractivity contribution in [2.24, 2.45) is 0 Å². The first kappa shape index (κ1) is 18.1. The van der Waals surface area contributed by atoms with E-state index in [1.807, 2.05) is 6.92 Å². The van der Waals surface area contributed by atoms with E-state index >= 15 is 0 Å². The van der Waals surface area contributed by atoms with Gasteiger partial charge in [-0.25, -0.2) is 0 Å². The van der Waals surface area contributed by atoms with Crippen LogP contribution >= 0.6 is 0 Å². The lowest BCUT2D eigenvalue weighted by molar-refractivity contribution is -0.384. The molecule has 2 aromatic heterocycles. The van der Waals surface area contributed by atoms with Crippen molar-refractivity contribution < 1.29 is 14.5 Å². The van der Waals surface area contributed by atoms with Gasteiger partial charge >= 0.3 is 0 Å².